The van der Waals surface area contributed by atoms with Gasteiger partial charge in [-0.2, -0.15) is 0 Å². The van der Waals surface area contributed by atoms with Crippen LogP contribution in [0.2, 0.25) is 0 Å². The highest BCUT2D eigenvalue weighted by Gasteiger charge is 2.32. The van der Waals surface area contributed by atoms with E-state index in [0.717, 1.165) is 30.6 Å². The molecule has 1 fully saturated rings. The molecule has 0 spiro atoms. The average Bonchev–Trinajstić information content (AvgIpc) is 2.41. The second kappa shape index (κ2) is 5.57. The molecule has 5 nitrogen and oxygen atoms in total. The fraction of sp³-hybridized carbons (Fsp3) is 0.571. The lowest BCUT2D eigenvalue weighted by atomic mass is 9.83. The summed E-state index contributed by atoms with van der Waals surface area (Å²) in [5.74, 6) is 0. The fourth-order valence-electron chi connectivity index (χ4n) is 2.43. The van der Waals surface area contributed by atoms with Gasteiger partial charge in [0.05, 0.1) is 6.61 Å². The zero-order valence-corrected chi connectivity index (χ0v) is 11.5. The smallest absolute Gasteiger partial charge is 0.321 e. The van der Waals surface area contributed by atoms with Crippen LogP contribution in [0.25, 0.3) is 0 Å². The molecular weight excluding hydrogens is 242 g/mol. The van der Waals surface area contributed by atoms with Crippen molar-refractivity contribution in [3.63, 3.8) is 0 Å². The van der Waals surface area contributed by atoms with E-state index in [9.17, 15) is 9.90 Å². The number of aromatic nitrogens is 1. The van der Waals surface area contributed by atoms with Crippen LogP contribution in [0.1, 0.15) is 25.3 Å². The third kappa shape index (κ3) is 3.23. The van der Waals surface area contributed by atoms with Crippen LogP contribution >= 0.6 is 0 Å². The molecule has 104 valence electrons. The Morgan fingerprint density at radius 3 is 3.11 bits per heavy atom. The Morgan fingerprint density at radius 1 is 1.63 bits per heavy atom. The number of hydrogen-bond acceptors (Lipinski definition) is 3. The molecule has 1 aliphatic heterocycles. The van der Waals surface area contributed by atoms with E-state index < -0.39 is 0 Å². The Labute approximate surface area is 113 Å². The number of nitrogens with one attached hydrogen (secondary N) is 1. The average molecular weight is 263 g/mol. The minimum Gasteiger partial charge on any atom is -0.396 e. The number of hydrogen-bond donors (Lipinski definition) is 2. The van der Waals surface area contributed by atoms with Crippen molar-refractivity contribution < 1.29 is 9.90 Å². The molecule has 1 aromatic heterocycles. The third-order valence-corrected chi connectivity index (χ3v) is 3.71. The molecule has 19 heavy (non-hydrogen) atoms. The number of aliphatic hydroxyl groups excluding tert-OH is 1. The number of amides is 2. The summed E-state index contributed by atoms with van der Waals surface area (Å²) < 4.78 is 0. The lowest BCUT2D eigenvalue weighted by molar-refractivity contribution is 0.0648. The number of piperidine rings is 1. The molecule has 1 atom stereocenters. The van der Waals surface area contributed by atoms with Crippen LogP contribution in [0.4, 0.5) is 10.5 Å². The highest BCUT2D eigenvalue weighted by Crippen LogP contribution is 2.29. The second-order valence-electron chi connectivity index (χ2n) is 5.61. The monoisotopic (exact) mass is 263 g/mol. The van der Waals surface area contributed by atoms with Crippen molar-refractivity contribution in [2.24, 2.45) is 5.41 Å². The molecule has 2 N–H and O–H groups in total. The first kappa shape index (κ1) is 13.8. The van der Waals surface area contributed by atoms with E-state index in [2.05, 4.69) is 10.3 Å². The summed E-state index contributed by atoms with van der Waals surface area (Å²) in [6, 6.07) is 1.69. The van der Waals surface area contributed by atoms with Gasteiger partial charge in [0.2, 0.25) is 0 Å². The topological polar surface area (TPSA) is 65.5 Å². The van der Waals surface area contributed by atoms with Gasteiger partial charge in [-0.1, -0.05) is 6.92 Å². The number of nitrogens with zero attached hydrogens (tertiary/aromatic N) is 2. The van der Waals surface area contributed by atoms with Crippen molar-refractivity contribution >= 4 is 11.7 Å². The molecule has 1 unspecified atom stereocenters. The van der Waals surface area contributed by atoms with E-state index >= 15 is 0 Å². The maximum Gasteiger partial charge on any atom is 0.321 e. The van der Waals surface area contributed by atoms with Gasteiger partial charge in [0.1, 0.15) is 0 Å². The number of likely N-dealkylation sites (tertiary alicyclic amines) is 1. The number of rotatable bonds is 2. The molecule has 1 saturated heterocycles. The van der Waals surface area contributed by atoms with Crippen molar-refractivity contribution in [1.82, 2.24) is 9.88 Å². The summed E-state index contributed by atoms with van der Waals surface area (Å²) in [4.78, 5) is 18.0. The Kier molecular flexibility index (Phi) is 4.04. The van der Waals surface area contributed by atoms with Crippen molar-refractivity contribution in [1.29, 1.82) is 0 Å². The highest BCUT2D eigenvalue weighted by molar-refractivity contribution is 5.90. The molecule has 0 saturated carbocycles. The highest BCUT2D eigenvalue weighted by atomic mass is 16.3. The summed E-state index contributed by atoms with van der Waals surface area (Å²) in [6.07, 6.45) is 5.28. The number of pyridine rings is 1. The molecule has 1 aliphatic rings. The van der Waals surface area contributed by atoms with Crippen LogP contribution in [-0.4, -0.2) is 40.7 Å². The SMILES string of the molecule is Cc1cnccc1NC(=O)N1CCCC(C)(CO)C1. The van der Waals surface area contributed by atoms with E-state index in [0.29, 0.717) is 6.54 Å². The first-order valence-electron chi connectivity index (χ1n) is 6.61. The predicted molar refractivity (Wildman–Crippen MR) is 74.0 cm³/mol. The normalized spacial score (nSPS) is 23.2. The van der Waals surface area contributed by atoms with Crippen LogP contribution in [0, 0.1) is 12.3 Å². The van der Waals surface area contributed by atoms with Crippen molar-refractivity contribution in [3.8, 4) is 0 Å². The number of aliphatic hydroxyl groups is 1. The molecule has 2 heterocycles. The quantitative estimate of drug-likeness (QED) is 0.858. The molecule has 2 rings (SSSR count). The van der Waals surface area contributed by atoms with Crippen LogP contribution < -0.4 is 5.32 Å². The van der Waals surface area contributed by atoms with Gasteiger partial charge in [0.25, 0.3) is 0 Å². The molecule has 5 heteroatoms. The van der Waals surface area contributed by atoms with Gasteiger partial charge in [0, 0.05) is 36.6 Å². The minimum absolute atomic E-state index is 0.103. The van der Waals surface area contributed by atoms with E-state index in [1.807, 2.05) is 13.8 Å². The Balaban J connectivity index is 2.02. The van der Waals surface area contributed by atoms with E-state index in [4.69, 9.17) is 0 Å². The summed E-state index contributed by atoms with van der Waals surface area (Å²) in [6.45, 7) is 5.39. The van der Waals surface area contributed by atoms with E-state index in [1.54, 1.807) is 23.4 Å². The van der Waals surface area contributed by atoms with Crippen LogP contribution in [0.5, 0.6) is 0 Å². The van der Waals surface area contributed by atoms with Crippen LogP contribution in [0.3, 0.4) is 0 Å². The minimum atomic E-state index is -0.178. The Bertz CT molecular complexity index is 464. The van der Waals surface area contributed by atoms with Gasteiger partial charge >= 0.3 is 6.03 Å². The number of aryl methyl sites for hydroxylation is 1. The third-order valence-electron chi connectivity index (χ3n) is 3.71. The number of carbonyl (C=O) groups excluding carboxylic acids is 1. The summed E-state index contributed by atoms with van der Waals surface area (Å²) >= 11 is 0. The summed E-state index contributed by atoms with van der Waals surface area (Å²) in [7, 11) is 0. The molecule has 2 amide bonds. The summed E-state index contributed by atoms with van der Waals surface area (Å²) in [5.41, 5.74) is 1.55. The van der Waals surface area contributed by atoms with Gasteiger partial charge in [-0.3, -0.25) is 4.98 Å². The first-order chi connectivity index (χ1) is 9.04. The van der Waals surface area contributed by atoms with Crippen LogP contribution in [0.15, 0.2) is 18.5 Å². The molecule has 0 radical (unpaired) electrons. The maximum absolute atomic E-state index is 12.2. The largest absolute Gasteiger partial charge is 0.396 e. The number of carbonyl (C=O) groups is 1. The molecule has 0 aliphatic carbocycles. The molecular formula is C14H21N3O2. The standard InChI is InChI=1S/C14H21N3O2/c1-11-8-15-6-4-12(11)16-13(19)17-7-3-5-14(2,9-17)10-18/h4,6,8,18H,3,5,7,9-10H2,1-2H3,(H,15,16,19). The zero-order chi connectivity index (χ0) is 13.9. The van der Waals surface area contributed by atoms with Crippen molar-refractivity contribution in [2.75, 3.05) is 25.0 Å². The predicted octanol–water partition coefficient (Wildman–Crippen LogP) is 2.02. The van der Waals surface area contributed by atoms with Gasteiger partial charge in [0.15, 0.2) is 0 Å². The molecule has 0 bridgehead atoms. The number of urea groups is 1. The molecule has 0 aromatic carbocycles. The van der Waals surface area contributed by atoms with Gasteiger partial charge in [-0.05, 0) is 31.4 Å². The Morgan fingerprint density at radius 2 is 2.42 bits per heavy atom. The van der Waals surface area contributed by atoms with Gasteiger partial charge in [-0.25, -0.2) is 4.79 Å². The zero-order valence-electron chi connectivity index (χ0n) is 11.5. The molecule has 1 aromatic rings. The first-order valence-corrected chi connectivity index (χ1v) is 6.61. The number of anilines is 1. The van der Waals surface area contributed by atoms with Gasteiger partial charge in [-0.15, -0.1) is 0 Å². The Hall–Kier alpha value is -1.62. The van der Waals surface area contributed by atoms with Crippen molar-refractivity contribution in [2.45, 2.75) is 26.7 Å². The lowest BCUT2D eigenvalue weighted by Gasteiger charge is -2.39. The van der Waals surface area contributed by atoms with E-state index in [1.165, 1.54) is 0 Å². The van der Waals surface area contributed by atoms with Crippen molar-refractivity contribution in [3.05, 3.63) is 24.0 Å². The van der Waals surface area contributed by atoms with Crippen LogP contribution in [-0.2, 0) is 0 Å². The van der Waals surface area contributed by atoms with E-state index in [-0.39, 0.29) is 18.1 Å². The maximum atomic E-state index is 12.2. The fourth-order valence-corrected chi connectivity index (χ4v) is 2.43. The van der Waals surface area contributed by atoms with Gasteiger partial charge < -0.3 is 15.3 Å². The lowest BCUT2D eigenvalue weighted by Crippen LogP contribution is -2.48. The second-order valence-corrected chi connectivity index (χ2v) is 5.61. The summed E-state index contributed by atoms with van der Waals surface area (Å²) in [5, 5.41) is 12.3.